The molecular formula is C16H23N3O4S. The maximum atomic E-state index is 12.2. The second-order valence-corrected chi connectivity index (χ2v) is 7.88. The second kappa shape index (κ2) is 7.76. The number of likely N-dealkylation sites (tertiary alicyclic amines) is 1. The van der Waals surface area contributed by atoms with E-state index in [0.29, 0.717) is 24.7 Å². The molecule has 1 fully saturated rings. The van der Waals surface area contributed by atoms with E-state index in [2.05, 4.69) is 17.0 Å². The number of piperidine rings is 1. The molecule has 1 aliphatic rings. The SMILES string of the molecule is CC(=O)Nc1ccc(S(=O)(=O)NCC(=O)N2CCCC(C)C2)cc1. The predicted octanol–water partition coefficient (Wildman–Crippen LogP) is 1.18. The Morgan fingerprint density at radius 3 is 2.50 bits per heavy atom. The monoisotopic (exact) mass is 353 g/mol. The van der Waals surface area contributed by atoms with Crippen molar-refractivity contribution in [2.45, 2.75) is 31.6 Å². The number of nitrogens with zero attached hydrogens (tertiary/aromatic N) is 1. The quantitative estimate of drug-likeness (QED) is 0.831. The van der Waals surface area contributed by atoms with Crippen LogP contribution in [0.3, 0.4) is 0 Å². The number of anilines is 1. The summed E-state index contributed by atoms with van der Waals surface area (Å²) in [7, 11) is -3.76. The van der Waals surface area contributed by atoms with Crippen molar-refractivity contribution in [2.24, 2.45) is 5.92 Å². The zero-order valence-corrected chi connectivity index (χ0v) is 14.7. The summed E-state index contributed by atoms with van der Waals surface area (Å²) < 4.78 is 26.8. The van der Waals surface area contributed by atoms with Gasteiger partial charge >= 0.3 is 0 Å². The first-order valence-electron chi connectivity index (χ1n) is 7.93. The Balaban J connectivity index is 1.95. The highest BCUT2D eigenvalue weighted by molar-refractivity contribution is 7.89. The number of nitrogens with one attached hydrogen (secondary N) is 2. The summed E-state index contributed by atoms with van der Waals surface area (Å²) in [6.45, 7) is 4.56. The van der Waals surface area contributed by atoms with Crippen LogP contribution >= 0.6 is 0 Å². The van der Waals surface area contributed by atoms with Crippen LogP contribution in [0.1, 0.15) is 26.7 Å². The molecule has 2 amide bonds. The minimum absolute atomic E-state index is 0.0522. The average Bonchev–Trinajstić information content (AvgIpc) is 2.52. The van der Waals surface area contributed by atoms with Crippen molar-refractivity contribution in [3.63, 3.8) is 0 Å². The summed E-state index contributed by atoms with van der Waals surface area (Å²) >= 11 is 0. The van der Waals surface area contributed by atoms with E-state index in [1.165, 1.54) is 31.2 Å². The van der Waals surface area contributed by atoms with Crippen molar-refractivity contribution in [1.29, 1.82) is 0 Å². The Kier molecular flexibility index (Phi) is 5.95. The van der Waals surface area contributed by atoms with Crippen molar-refractivity contribution in [3.8, 4) is 0 Å². The van der Waals surface area contributed by atoms with Gasteiger partial charge in [0.15, 0.2) is 0 Å². The normalized spacial score (nSPS) is 18.2. The van der Waals surface area contributed by atoms with Gasteiger partial charge in [-0.2, -0.15) is 0 Å². The summed E-state index contributed by atoms with van der Waals surface area (Å²) in [5.41, 5.74) is 0.514. The first-order valence-corrected chi connectivity index (χ1v) is 9.41. The van der Waals surface area contributed by atoms with E-state index in [9.17, 15) is 18.0 Å². The zero-order chi connectivity index (χ0) is 17.7. The molecule has 132 valence electrons. The molecule has 1 aromatic rings. The van der Waals surface area contributed by atoms with Crippen LogP contribution < -0.4 is 10.0 Å². The topological polar surface area (TPSA) is 95.6 Å². The lowest BCUT2D eigenvalue weighted by Crippen LogP contribution is -2.44. The summed E-state index contributed by atoms with van der Waals surface area (Å²) in [6.07, 6.45) is 2.04. The lowest BCUT2D eigenvalue weighted by atomic mass is 10.0. The van der Waals surface area contributed by atoms with Crippen molar-refractivity contribution in [2.75, 3.05) is 25.0 Å². The second-order valence-electron chi connectivity index (χ2n) is 6.12. The Labute approximate surface area is 142 Å². The number of sulfonamides is 1. The molecule has 24 heavy (non-hydrogen) atoms. The third kappa shape index (κ3) is 5.04. The summed E-state index contributed by atoms with van der Waals surface area (Å²) in [5, 5.41) is 2.57. The van der Waals surface area contributed by atoms with E-state index in [4.69, 9.17) is 0 Å². The van der Waals surface area contributed by atoms with Gasteiger partial charge in [0.1, 0.15) is 0 Å². The van der Waals surface area contributed by atoms with Gasteiger partial charge in [0.05, 0.1) is 11.4 Å². The molecular weight excluding hydrogens is 330 g/mol. The number of amides is 2. The van der Waals surface area contributed by atoms with Crippen LogP contribution in [0.15, 0.2) is 29.2 Å². The van der Waals surface area contributed by atoms with Gasteiger partial charge < -0.3 is 10.2 Å². The molecule has 0 bridgehead atoms. The van der Waals surface area contributed by atoms with E-state index >= 15 is 0 Å². The van der Waals surface area contributed by atoms with Gasteiger partial charge in [-0.15, -0.1) is 0 Å². The molecule has 0 radical (unpaired) electrons. The van der Waals surface area contributed by atoms with Gasteiger partial charge in [-0.3, -0.25) is 9.59 Å². The smallest absolute Gasteiger partial charge is 0.241 e. The van der Waals surface area contributed by atoms with E-state index in [0.717, 1.165) is 12.8 Å². The van der Waals surface area contributed by atoms with Crippen LogP contribution in [-0.2, 0) is 19.6 Å². The molecule has 8 heteroatoms. The minimum atomic E-state index is -3.76. The molecule has 1 unspecified atom stereocenters. The molecule has 1 aromatic carbocycles. The maximum absolute atomic E-state index is 12.2. The minimum Gasteiger partial charge on any atom is -0.341 e. The molecule has 2 N–H and O–H groups in total. The lowest BCUT2D eigenvalue weighted by Gasteiger charge is -2.31. The molecule has 0 spiro atoms. The summed E-state index contributed by atoms with van der Waals surface area (Å²) in [6, 6.07) is 5.79. The van der Waals surface area contributed by atoms with E-state index in [1.807, 2.05) is 0 Å². The van der Waals surface area contributed by atoms with Crippen LogP contribution in [0.25, 0.3) is 0 Å². The molecule has 1 atom stereocenters. The van der Waals surface area contributed by atoms with Crippen molar-refractivity contribution in [3.05, 3.63) is 24.3 Å². The molecule has 2 rings (SSSR count). The van der Waals surface area contributed by atoms with Gasteiger partial charge in [0.2, 0.25) is 21.8 Å². The largest absolute Gasteiger partial charge is 0.341 e. The Morgan fingerprint density at radius 1 is 1.25 bits per heavy atom. The zero-order valence-electron chi connectivity index (χ0n) is 13.9. The molecule has 0 saturated carbocycles. The van der Waals surface area contributed by atoms with E-state index < -0.39 is 10.0 Å². The fraction of sp³-hybridized carbons (Fsp3) is 0.500. The highest BCUT2D eigenvalue weighted by Gasteiger charge is 2.22. The Bertz CT molecular complexity index is 701. The molecule has 7 nitrogen and oxygen atoms in total. The van der Waals surface area contributed by atoms with Crippen LogP contribution in [0.2, 0.25) is 0 Å². The Hall–Kier alpha value is -1.93. The number of rotatable bonds is 5. The van der Waals surface area contributed by atoms with Gasteiger partial charge in [-0.1, -0.05) is 6.92 Å². The van der Waals surface area contributed by atoms with Crippen LogP contribution in [0, 0.1) is 5.92 Å². The molecule has 0 aliphatic carbocycles. The van der Waals surface area contributed by atoms with Crippen LogP contribution in [0.4, 0.5) is 5.69 Å². The molecule has 1 heterocycles. The molecule has 1 saturated heterocycles. The van der Waals surface area contributed by atoms with Gasteiger partial charge in [0.25, 0.3) is 0 Å². The first kappa shape index (κ1) is 18.4. The van der Waals surface area contributed by atoms with Crippen LogP contribution in [0.5, 0.6) is 0 Å². The average molecular weight is 353 g/mol. The molecule has 1 aliphatic heterocycles. The van der Waals surface area contributed by atoms with Gasteiger partial charge in [0, 0.05) is 25.7 Å². The van der Waals surface area contributed by atoms with Crippen molar-refractivity contribution < 1.29 is 18.0 Å². The number of hydrogen-bond donors (Lipinski definition) is 2. The van der Waals surface area contributed by atoms with E-state index in [1.54, 1.807) is 4.90 Å². The van der Waals surface area contributed by atoms with E-state index in [-0.39, 0.29) is 23.3 Å². The third-order valence-corrected chi connectivity index (χ3v) is 5.33. The highest BCUT2D eigenvalue weighted by Crippen LogP contribution is 2.16. The molecule has 0 aromatic heterocycles. The number of benzene rings is 1. The van der Waals surface area contributed by atoms with Gasteiger partial charge in [-0.05, 0) is 43.0 Å². The Morgan fingerprint density at radius 2 is 1.92 bits per heavy atom. The standard InChI is InChI=1S/C16H23N3O4S/c1-12-4-3-9-19(11-12)16(21)10-17-24(22,23)15-7-5-14(6-8-15)18-13(2)20/h5-8,12,17H,3-4,9-11H2,1-2H3,(H,18,20). The number of carbonyl (C=O) groups excluding carboxylic acids is 2. The summed E-state index contributed by atoms with van der Waals surface area (Å²) in [4.78, 5) is 24.9. The first-order chi connectivity index (χ1) is 11.3. The van der Waals surface area contributed by atoms with Crippen molar-refractivity contribution >= 4 is 27.5 Å². The highest BCUT2D eigenvalue weighted by atomic mass is 32.2. The van der Waals surface area contributed by atoms with Crippen LogP contribution in [-0.4, -0.2) is 44.8 Å². The fourth-order valence-electron chi connectivity index (χ4n) is 2.69. The number of carbonyl (C=O) groups is 2. The van der Waals surface area contributed by atoms with Crippen molar-refractivity contribution in [1.82, 2.24) is 9.62 Å². The third-order valence-electron chi connectivity index (χ3n) is 3.91. The lowest BCUT2D eigenvalue weighted by molar-refractivity contribution is -0.131. The predicted molar refractivity (Wildman–Crippen MR) is 90.9 cm³/mol. The summed E-state index contributed by atoms with van der Waals surface area (Å²) in [5.74, 6) is 0.00528. The maximum Gasteiger partial charge on any atom is 0.241 e. The van der Waals surface area contributed by atoms with Gasteiger partial charge in [-0.25, -0.2) is 13.1 Å². The number of hydrogen-bond acceptors (Lipinski definition) is 4. The fourth-order valence-corrected chi connectivity index (χ4v) is 3.66.